The largest absolute Gasteiger partial charge is 0.416 e. The van der Waals surface area contributed by atoms with Gasteiger partial charge in [-0.2, -0.15) is 13.2 Å². The Kier molecular flexibility index (Phi) is 4.86. The van der Waals surface area contributed by atoms with Crippen LogP contribution in [0.2, 0.25) is 0 Å². The molecule has 0 aromatic heterocycles. The maximum absolute atomic E-state index is 12.6. The lowest BCUT2D eigenvalue weighted by Gasteiger charge is -2.19. The predicted octanol–water partition coefficient (Wildman–Crippen LogP) is 3.70. The first-order chi connectivity index (χ1) is 9.68. The maximum atomic E-state index is 12.6. The van der Waals surface area contributed by atoms with Gasteiger partial charge in [-0.3, -0.25) is 9.59 Å². The Morgan fingerprint density at radius 1 is 1.43 bits per heavy atom. The fourth-order valence-corrected chi connectivity index (χ4v) is 3.85. The van der Waals surface area contributed by atoms with E-state index in [-0.39, 0.29) is 22.7 Å². The number of amides is 1. The molecule has 1 aliphatic heterocycles. The summed E-state index contributed by atoms with van der Waals surface area (Å²) in [6.45, 7) is 1.77. The van der Waals surface area contributed by atoms with Crippen LogP contribution in [0.3, 0.4) is 0 Å². The molecule has 1 fully saturated rings. The number of rotatable bonds is 2. The molecule has 2 rings (SSSR count). The lowest BCUT2D eigenvalue weighted by atomic mass is 10.2. The first-order valence-corrected chi connectivity index (χ1v) is 7.98. The van der Waals surface area contributed by atoms with Crippen LogP contribution in [0.15, 0.2) is 18.2 Å². The monoisotopic (exact) mass is 429 g/mol. The van der Waals surface area contributed by atoms with Crippen LogP contribution >= 0.6 is 34.4 Å². The van der Waals surface area contributed by atoms with Gasteiger partial charge in [-0.15, -0.1) is 0 Å². The molecule has 3 nitrogen and oxygen atoms in total. The summed E-state index contributed by atoms with van der Waals surface area (Å²) in [4.78, 5) is 24.5. The van der Waals surface area contributed by atoms with Crippen LogP contribution in [0.5, 0.6) is 0 Å². The Hall–Kier alpha value is -0.770. The molecule has 1 amide bonds. The second-order valence-corrected chi connectivity index (χ2v) is 7.24. The number of carbonyl (C=O) groups excluding carboxylic acids is 2. The zero-order chi connectivity index (χ0) is 15.8. The fraction of sp³-hybridized carbons (Fsp3) is 0.385. The van der Waals surface area contributed by atoms with E-state index >= 15 is 0 Å². The second kappa shape index (κ2) is 6.15. The van der Waals surface area contributed by atoms with Crippen LogP contribution in [0, 0.1) is 3.57 Å². The van der Waals surface area contributed by atoms with Crippen molar-refractivity contribution in [3.8, 4) is 0 Å². The highest BCUT2D eigenvalue weighted by Gasteiger charge is 2.35. The highest BCUT2D eigenvalue weighted by atomic mass is 127. The van der Waals surface area contributed by atoms with Gasteiger partial charge in [0, 0.05) is 28.7 Å². The normalized spacial score (nSPS) is 19.2. The zero-order valence-electron chi connectivity index (χ0n) is 10.9. The van der Waals surface area contributed by atoms with Crippen molar-refractivity contribution in [1.29, 1.82) is 0 Å². The molecule has 1 atom stereocenters. The topological polar surface area (TPSA) is 37.4 Å². The number of thioether (sulfide) groups is 1. The summed E-state index contributed by atoms with van der Waals surface area (Å²) in [5.74, 6) is -0.175. The molecule has 1 aromatic rings. The van der Waals surface area contributed by atoms with Crippen molar-refractivity contribution >= 4 is 51.1 Å². The number of carbonyl (C=O) groups is 2. The molecule has 0 N–H and O–H groups in total. The highest BCUT2D eigenvalue weighted by molar-refractivity contribution is 14.1. The SMILES string of the molecule is CC(=O)SC1CC(=O)N(c2ccc(C(F)(F)F)cc2I)C1. The Bertz CT molecular complexity index is 591. The molecule has 1 aromatic carbocycles. The van der Waals surface area contributed by atoms with Gasteiger partial charge in [0.15, 0.2) is 5.12 Å². The van der Waals surface area contributed by atoms with E-state index in [1.807, 2.05) is 0 Å². The maximum Gasteiger partial charge on any atom is 0.416 e. The van der Waals surface area contributed by atoms with Gasteiger partial charge in [0.2, 0.25) is 5.91 Å². The molecule has 21 heavy (non-hydrogen) atoms. The Morgan fingerprint density at radius 3 is 2.62 bits per heavy atom. The lowest BCUT2D eigenvalue weighted by Crippen LogP contribution is -2.26. The highest BCUT2D eigenvalue weighted by Crippen LogP contribution is 2.36. The number of hydrogen-bond donors (Lipinski definition) is 0. The third-order valence-electron chi connectivity index (χ3n) is 2.99. The fourth-order valence-electron chi connectivity index (χ4n) is 2.12. The van der Waals surface area contributed by atoms with Crippen molar-refractivity contribution in [2.24, 2.45) is 0 Å². The van der Waals surface area contributed by atoms with Crippen molar-refractivity contribution in [3.63, 3.8) is 0 Å². The first kappa shape index (κ1) is 16.6. The number of halogens is 4. The Balaban J connectivity index is 2.23. The van der Waals surface area contributed by atoms with E-state index in [0.29, 0.717) is 15.8 Å². The molecular weight excluding hydrogens is 418 g/mol. The molecule has 1 aliphatic rings. The summed E-state index contributed by atoms with van der Waals surface area (Å²) < 4.78 is 38.3. The van der Waals surface area contributed by atoms with Crippen LogP contribution in [0.4, 0.5) is 18.9 Å². The summed E-state index contributed by atoms with van der Waals surface area (Å²) >= 11 is 2.88. The smallest absolute Gasteiger partial charge is 0.310 e. The van der Waals surface area contributed by atoms with Crippen molar-refractivity contribution in [2.75, 3.05) is 11.4 Å². The molecule has 8 heteroatoms. The third-order valence-corrected chi connectivity index (χ3v) is 4.83. The number of benzene rings is 1. The van der Waals surface area contributed by atoms with Gasteiger partial charge in [-0.25, -0.2) is 0 Å². The molecule has 0 bridgehead atoms. The van der Waals surface area contributed by atoms with E-state index < -0.39 is 11.7 Å². The molecule has 1 heterocycles. The molecule has 1 saturated heterocycles. The summed E-state index contributed by atoms with van der Waals surface area (Å²) in [5, 5.41) is -0.218. The standard InChI is InChI=1S/C13H11F3INO2S/c1-7(19)21-9-5-12(20)18(6-9)11-3-2-8(4-10(11)17)13(14,15)16/h2-4,9H,5-6H2,1H3. The van der Waals surface area contributed by atoms with E-state index in [1.165, 1.54) is 17.9 Å². The van der Waals surface area contributed by atoms with E-state index in [0.717, 1.165) is 23.9 Å². The number of anilines is 1. The van der Waals surface area contributed by atoms with E-state index in [9.17, 15) is 22.8 Å². The molecule has 0 spiro atoms. The van der Waals surface area contributed by atoms with E-state index in [1.54, 1.807) is 22.6 Å². The minimum absolute atomic E-state index is 0.0724. The average Bonchev–Trinajstić information content (AvgIpc) is 2.67. The average molecular weight is 429 g/mol. The van der Waals surface area contributed by atoms with Crippen LogP contribution in [0.1, 0.15) is 18.9 Å². The molecule has 1 unspecified atom stereocenters. The third kappa shape index (κ3) is 3.91. The van der Waals surface area contributed by atoms with Gasteiger partial charge in [0.1, 0.15) is 0 Å². The minimum atomic E-state index is -4.40. The van der Waals surface area contributed by atoms with Gasteiger partial charge in [0.25, 0.3) is 0 Å². The van der Waals surface area contributed by atoms with Crippen LogP contribution in [-0.2, 0) is 15.8 Å². The van der Waals surface area contributed by atoms with Gasteiger partial charge >= 0.3 is 6.18 Å². The zero-order valence-corrected chi connectivity index (χ0v) is 13.9. The number of alkyl halides is 3. The first-order valence-electron chi connectivity index (χ1n) is 6.03. The summed E-state index contributed by atoms with van der Waals surface area (Å²) in [7, 11) is 0. The molecule has 0 aliphatic carbocycles. The van der Waals surface area contributed by atoms with Crippen molar-refractivity contribution < 1.29 is 22.8 Å². The van der Waals surface area contributed by atoms with Gasteiger partial charge < -0.3 is 4.90 Å². The molecule has 0 saturated carbocycles. The quantitative estimate of drug-likeness (QED) is 0.674. The lowest BCUT2D eigenvalue weighted by molar-refractivity contribution is -0.137. The van der Waals surface area contributed by atoms with Crippen LogP contribution in [0.25, 0.3) is 0 Å². The predicted molar refractivity (Wildman–Crippen MR) is 83.2 cm³/mol. The van der Waals surface area contributed by atoms with E-state index in [2.05, 4.69) is 0 Å². The summed E-state index contributed by atoms with van der Waals surface area (Å²) in [6.07, 6.45) is -4.18. The van der Waals surface area contributed by atoms with Crippen LogP contribution < -0.4 is 4.90 Å². The van der Waals surface area contributed by atoms with Crippen molar-refractivity contribution in [1.82, 2.24) is 0 Å². The van der Waals surface area contributed by atoms with Gasteiger partial charge in [0.05, 0.1) is 11.3 Å². The summed E-state index contributed by atoms with van der Waals surface area (Å²) in [6, 6.07) is 3.30. The molecule has 0 radical (unpaired) electrons. The van der Waals surface area contributed by atoms with Crippen molar-refractivity contribution in [3.05, 3.63) is 27.3 Å². The van der Waals surface area contributed by atoms with Crippen molar-refractivity contribution in [2.45, 2.75) is 24.8 Å². The Labute approximate surface area is 137 Å². The molecular formula is C13H11F3INO2S. The van der Waals surface area contributed by atoms with Gasteiger partial charge in [-0.1, -0.05) is 11.8 Å². The number of hydrogen-bond acceptors (Lipinski definition) is 3. The minimum Gasteiger partial charge on any atom is -0.310 e. The number of nitrogens with zero attached hydrogens (tertiary/aromatic N) is 1. The second-order valence-electron chi connectivity index (χ2n) is 4.60. The summed E-state index contributed by atoms with van der Waals surface area (Å²) in [5.41, 5.74) is -0.280. The molecule has 114 valence electrons. The van der Waals surface area contributed by atoms with E-state index in [4.69, 9.17) is 0 Å². The Morgan fingerprint density at radius 2 is 2.10 bits per heavy atom. The van der Waals surface area contributed by atoms with Crippen LogP contribution in [-0.4, -0.2) is 22.8 Å². The van der Waals surface area contributed by atoms with Gasteiger partial charge in [-0.05, 0) is 40.8 Å².